The summed E-state index contributed by atoms with van der Waals surface area (Å²) in [7, 11) is 3.18. The van der Waals surface area contributed by atoms with Crippen molar-refractivity contribution in [1.29, 1.82) is 0 Å². The summed E-state index contributed by atoms with van der Waals surface area (Å²) in [6.07, 6.45) is 0. The number of nitrogens with zero attached hydrogens (tertiary/aromatic N) is 2. The maximum absolute atomic E-state index is 11.8. The van der Waals surface area contributed by atoms with Gasteiger partial charge in [-0.2, -0.15) is 0 Å². The Morgan fingerprint density at radius 3 is 2.63 bits per heavy atom. The number of benzene rings is 1. The molecule has 0 fully saturated rings. The average Bonchev–Trinajstić information content (AvgIpc) is 2.65. The minimum absolute atomic E-state index is 0.0672. The van der Waals surface area contributed by atoms with Crippen LogP contribution in [0.3, 0.4) is 0 Å². The third-order valence-corrected chi connectivity index (χ3v) is 2.81. The lowest BCUT2D eigenvalue weighted by atomic mass is 10.2. The molecule has 1 heterocycles. The van der Waals surface area contributed by atoms with E-state index in [4.69, 9.17) is 5.11 Å². The number of carboxylic acid groups (broad SMARTS) is 1. The number of carbonyl (C=O) groups excluding carboxylic acids is 1. The van der Waals surface area contributed by atoms with Gasteiger partial charge in [0.2, 0.25) is 5.91 Å². The third-order valence-electron chi connectivity index (χ3n) is 2.81. The molecule has 2 aromatic rings. The summed E-state index contributed by atoms with van der Waals surface area (Å²) in [5, 5.41) is 8.94. The number of likely N-dealkylation sites (N-methyl/N-ethyl adjacent to an activating group) is 1. The monoisotopic (exact) mass is 263 g/mol. The second kappa shape index (κ2) is 4.60. The van der Waals surface area contributed by atoms with Gasteiger partial charge in [-0.25, -0.2) is 9.59 Å². The third kappa shape index (κ3) is 2.35. The highest BCUT2D eigenvalue weighted by Crippen LogP contribution is 2.13. The zero-order chi connectivity index (χ0) is 14.2. The Hall–Kier alpha value is -2.57. The molecule has 2 rings (SSSR count). The molecule has 1 amide bonds. The SMILES string of the molecule is CN(C)C(=O)Cn1c(=O)[nH]c2ccc(C(=O)O)cc21. The van der Waals surface area contributed by atoms with Crippen LogP contribution < -0.4 is 5.69 Å². The van der Waals surface area contributed by atoms with Gasteiger partial charge in [-0.05, 0) is 18.2 Å². The first-order chi connectivity index (χ1) is 8.90. The number of fused-ring (bicyclic) bond motifs is 1. The van der Waals surface area contributed by atoms with E-state index in [9.17, 15) is 14.4 Å². The van der Waals surface area contributed by atoms with E-state index in [0.717, 1.165) is 0 Å². The van der Waals surface area contributed by atoms with E-state index in [1.807, 2.05) is 0 Å². The number of aromatic amines is 1. The summed E-state index contributed by atoms with van der Waals surface area (Å²) in [4.78, 5) is 38.3. The second-order valence-corrected chi connectivity index (χ2v) is 4.34. The highest BCUT2D eigenvalue weighted by atomic mass is 16.4. The highest BCUT2D eigenvalue weighted by molar-refractivity contribution is 5.92. The van der Waals surface area contributed by atoms with Crippen LogP contribution in [-0.2, 0) is 11.3 Å². The number of carbonyl (C=O) groups is 2. The maximum atomic E-state index is 11.8. The van der Waals surface area contributed by atoms with Crippen molar-refractivity contribution in [2.45, 2.75) is 6.54 Å². The summed E-state index contributed by atoms with van der Waals surface area (Å²) in [5.74, 6) is -1.33. The highest BCUT2D eigenvalue weighted by Gasteiger charge is 2.13. The molecular formula is C12H13N3O4. The number of amides is 1. The van der Waals surface area contributed by atoms with Crippen LogP contribution in [0.4, 0.5) is 0 Å². The molecule has 2 N–H and O–H groups in total. The summed E-state index contributed by atoms with van der Waals surface area (Å²) in [6, 6.07) is 4.29. The van der Waals surface area contributed by atoms with Crippen molar-refractivity contribution >= 4 is 22.9 Å². The zero-order valence-corrected chi connectivity index (χ0v) is 10.5. The first-order valence-corrected chi connectivity index (χ1v) is 5.56. The normalized spacial score (nSPS) is 10.6. The minimum atomic E-state index is -1.08. The molecule has 7 nitrogen and oxygen atoms in total. The van der Waals surface area contributed by atoms with Crippen molar-refractivity contribution in [1.82, 2.24) is 14.5 Å². The number of rotatable bonds is 3. The Labute approximate surface area is 108 Å². The summed E-state index contributed by atoms with van der Waals surface area (Å²) in [5.41, 5.74) is 0.534. The molecule has 0 aliphatic rings. The Kier molecular flexibility index (Phi) is 3.12. The van der Waals surface area contributed by atoms with E-state index >= 15 is 0 Å². The molecule has 0 aliphatic heterocycles. The molecule has 0 aliphatic carbocycles. The number of hydrogen-bond donors (Lipinski definition) is 2. The molecule has 1 aromatic carbocycles. The van der Waals surface area contributed by atoms with Crippen LogP contribution in [-0.4, -0.2) is 45.5 Å². The quantitative estimate of drug-likeness (QED) is 0.822. The molecule has 0 bridgehead atoms. The Balaban J connectivity index is 2.56. The molecule has 19 heavy (non-hydrogen) atoms. The Morgan fingerprint density at radius 2 is 2.05 bits per heavy atom. The van der Waals surface area contributed by atoms with Crippen LogP contribution in [0.25, 0.3) is 11.0 Å². The second-order valence-electron chi connectivity index (χ2n) is 4.34. The molecule has 0 saturated carbocycles. The van der Waals surface area contributed by atoms with E-state index in [-0.39, 0.29) is 18.0 Å². The molecule has 0 atom stereocenters. The molecule has 0 spiro atoms. The van der Waals surface area contributed by atoms with Gasteiger partial charge >= 0.3 is 11.7 Å². The predicted octanol–water partition coefficient (Wildman–Crippen LogP) is 0.116. The average molecular weight is 263 g/mol. The van der Waals surface area contributed by atoms with Crippen LogP contribution in [0, 0.1) is 0 Å². The van der Waals surface area contributed by atoms with E-state index in [1.54, 1.807) is 14.1 Å². The lowest BCUT2D eigenvalue weighted by molar-refractivity contribution is -0.129. The van der Waals surface area contributed by atoms with Gasteiger partial charge in [0, 0.05) is 14.1 Å². The Bertz CT molecular complexity index is 711. The number of aromatic carboxylic acids is 1. The standard InChI is InChI=1S/C12H13N3O4/c1-14(2)10(16)6-15-9-5-7(11(17)18)3-4-8(9)13-12(15)19/h3-5H,6H2,1-2H3,(H,13,19)(H,17,18). The molecule has 0 saturated heterocycles. The molecule has 0 unspecified atom stereocenters. The van der Waals surface area contributed by atoms with Crippen LogP contribution in [0.15, 0.2) is 23.0 Å². The number of hydrogen-bond acceptors (Lipinski definition) is 3. The first kappa shape index (κ1) is 12.9. The largest absolute Gasteiger partial charge is 0.478 e. The molecule has 1 aromatic heterocycles. The van der Waals surface area contributed by atoms with Crippen LogP contribution in [0.2, 0.25) is 0 Å². The molecular weight excluding hydrogens is 250 g/mol. The zero-order valence-electron chi connectivity index (χ0n) is 10.5. The van der Waals surface area contributed by atoms with Crippen molar-refractivity contribution in [3.63, 3.8) is 0 Å². The fourth-order valence-corrected chi connectivity index (χ4v) is 1.72. The van der Waals surface area contributed by atoms with Gasteiger partial charge in [-0.3, -0.25) is 9.36 Å². The van der Waals surface area contributed by atoms with Crippen LogP contribution in [0.5, 0.6) is 0 Å². The van der Waals surface area contributed by atoms with Crippen molar-refractivity contribution in [2.75, 3.05) is 14.1 Å². The van der Waals surface area contributed by atoms with E-state index < -0.39 is 11.7 Å². The number of nitrogens with one attached hydrogen (secondary N) is 1. The van der Waals surface area contributed by atoms with E-state index in [1.165, 1.54) is 27.7 Å². The topological polar surface area (TPSA) is 95.4 Å². The lowest BCUT2D eigenvalue weighted by Crippen LogP contribution is -2.30. The van der Waals surface area contributed by atoms with Crippen LogP contribution >= 0.6 is 0 Å². The number of aromatic nitrogens is 2. The smallest absolute Gasteiger partial charge is 0.335 e. The maximum Gasteiger partial charge on any atom is 0.335 e. The minimum Gasteiger partial charge on any atom is -0.478 e. The number of imidazole rings is 1. The molecule has 7 heteroatoms. The van der Waals surface area contributed by atoms with E-state index in [2.05, 4.69) is 4.98 Å². The van der Waals surface area contributed by atoms with Crippen LogP contribution in [0.1, 0.15) is 10.4 Å². The number of H-pyrrole nitrogens is 1. The van der Waals surface area contributed by atoms with Crippen molar-refractivity contribution in [3.05, 3.63) is 34.2 Å². The van der Waals surface area contributed by atoms with Gasteiger partial charge in [0.05, 0.1) is 16.6 Å². The fourth-order valence-electron chi connectivity index (χ4n) is 1.72. The predicted molar refractivity (Wildman–Crippen MR) is 68.2 cm³/mol. The van der Waals surface area contributed by atoms with Gasteiger partial charge in [0.1, 0.15) is 6.54 Å². The molecule has 0 radical (unpaired) electrons. The van der Waals surface area contributed by atoms with Crippen molar-refractivity contribution in [3.8, 4) is 0 Å². The van der Waals surface area contributed by atoms with Crippen molar-refractivity contribution < 1.29 is 14.7 Å². The Morgan fingerprint density at radius 1 is 1.37 bits per heavy atom. The summed E-state index contributed by atoms with van der Waals surface area (Å²) >= 11 is 0. The first-order valence-electron chi connectivity index (χ1n) is 5.56. The lowest BCUT2D eigenvalue weighted by Gasteiger charge is -2.10. The molecule has 100 valence electrons. The fraction of sp³-hybridized carbons (Fsp3) is 0.250. The van der Waals surface area contributed by atoms with E-state index in [0.29, 0.717) is 11.0 Å². The van der Waals surface area contributed by atoms with Gasteiger partial charge in [0.15, 0.2) is 0 Å². The van der Waals surface area contributed by atoms with Gasteiger partial charge < -0.3 is 15.0 Å². The van der Waals surface area contributed by atoms with Gasteiger partial charge in [-0.1, -0.05) is 0 Å². The van der Waals surface area contributed by atoms with Gasteiger partial charge in [-0.15, -0.1) is 0 Å². The summed E-state index contributed by atoms with van der Waals surface area (Å²) in [6.45, 7) is -0.130. The van der Waals surface area contributed by atoms with Crippen molar-refractivity contribution in [2.24, 2.45) is 0 Å². The van der Waals surface area contributed by atoms with Gasteiger partial charge in [0.25, 0.3) is 0 Å². The summed E-state index contributed by atoms with van der Waals surface area (Å²) < 4.78 is 1.23. The number of carboxylic acids is 1.